The van der Waals surface area contributed by atoms with E-state index in [1.165, 1.54) is 0 Å². The van der Waals surface area contributed by atoms with Gasteiger partial charge in [-0.15, -0.1) is 0 Å². The van der Waals surface area contributed by atoms with Gasteiger partial charge in [-0.05, 0) is 12.8 Å². The van der Waals surface area contributed by atoms with Crippen LogP contribution in [0, 0.1) is 17.3 Å². The zero-order chi connectivity index (χ0) is 9.52. The lowest BCUT2D eigenvalue weighted by Gasteiger charge is -2.55. The van der Waals surface area contributed by atoms with Gasteiger partial charge in [-0.3, -0.25) is 0 Å². The molecule has 2 heteroatoms. The zero-order valence-electron chi connectivity index (χ0n) is 8.04. The van der Waals surface area contributed by atoms with Crippen LogP contribution >= 0.6 is 0 Å². The van der Waals surface area contributed by atoms with Crippen molar-refractivity contribution in [1.82, 2.24) is 0 Å². The summed E-state index contributed by atoms with van der Waals surface area (Å²) in [5.74, 6) is 0.497. The molecule has 70 valence electrons. The second-order valence-electron chi connectivity index (χ2n) is 4.16. The monoisotopic (exact) mass is 170 g/mol. The molecule has 0 aromatic rings. The Labute approximate surface area is 73.9 Å². The Kier molecular flexibility index (Phi) is 2.32. The first kappa shape index (κ1) is 9.75. The Balaban J connectivity index is 2.82. The molecule has 1 saturated carbocycles. The molecule has 0 heterocycles. The number of aliphatic hydroxyl groups excluding tert-OH is 2. The number of hydrogen-bond donors (Lipinski definition) is 2. The Bertz CT molecular complexity index is 198. The van der Waals surface area contributed by atoms with Gasteiger partial charge in [-0.2, -0.15) is 0 Å². The molecule has 1 unspecified atom stereocenters. The quantitative estimate of drug-likeness (QED) is 0.611. The molecule has 4 atom stereocenters. The molecular weight excluding hydrogens is 152 g/mol. The molecule has 0 amide bonds. The van der Waals surface area contributed by atoms with Crippen LogP contribution in [-0.2, 0) is 0 Å². The van der Waals surface area contributed by atoms with Crippen LogP contribution < -0.4 is 0 Å². The third-order valence-corrected chi connectivity index (χ3v) is 3.41. The van der Waals surface area contributed by atoms with Crippen LogP contribution in [0.2, 0.25) is 0 Å². The summed E-state index contributed by atoms with van der Waals surface area (Å²) < 4.78 is 0. The van der Waals surface area contributed by atoms with E-state index in [0.717, 1.165) is 5.57 Å². The molecular formula is C10H18O2. The molecule has 0 aliphatic heterocycles. The van der Waals surface area contributed by atoms with Gasteiger partial charge in [0.25, 0.3) is 0 Å². The van der Waals surface area contributed by atoms with Gasteiger partial charge in [-0.25, -0.2) is 0 Å². The van der Waals surface area contributed by atoms with Crippen molar-refractivity contribution in [3.8, 4) is 0 Å². The van der Waals surface area contributed by atoms with Gasteiger partial charge in [0.2, 0.25) is 0 Å². The summed E-state index contributed by atoms with van der Waals surface area (Å²) in [5, 5.41) is 18.7. The van der Waals surface area contributed by atoms with E-state index in [1.807, 2.05) is 6.92 Å². The molecule has 0 aromatic heterocycles. The highest BCUT2D eigenvalue weighted by Gasteiger charge is 2.53. The zero-order valence-corrected chi connectivity index (χ0v) is 8.04. The van der Waals surface area contributed by atoms with Crippen molar-refractivity contribution in [2.45, 2.75) is 26.9 Å². The smallest absolute Gasteiger partial charge is 0.0555 e. The maximum atomic E-state index is 9.47. The van der Waals surface area contributed by atoms with Crippen molar-refractivity contribution in [1.29, 1.82) is 0 Å². The number of aliphatic hydroxyl groups is 2. The number of rotatable bonds is 2. The Hall–Kier alpha value is -0.340. The first-order valence-electron chi connectivity index (χ1n) is 4.43. The largest absolute Gasteiger partial charge is 0.395 e. The maximum Gasteiger partial charge on any atom is 0.0555 e. The van der Waals surface area contributed by atoms with E-state index < -0.39 is 0 Å². The summed E-state index contributed by atoms with van der Waals surface area (Å²) in [4.78, 5) is 0. The molecule has 1 fully saturated rings. The highest BCUT2D eigenvalue weighted by atomic mass is 16.3. The molecule has 0 spiro atoms. The van der Waals surface area contributed by atoms with Crippen LogP contribution in [0.15, 0.2) is 12.2 Å². The standard InChI is InChI=1S/C10H18O2/c1-6-7(2)10(4,5-11)9(6)8(3)12/h6,8-9,11-12H,2,5H2,1,3-4H3/t6-,8?,9-,10+/m1/s1. The highest BCUT2D eigenvalue weighted by molar-refractivity contribution is 5.27. The van der Waals surface area contributed by atoms with Crippen molar-refractivity contribution < 1.29 is 10.2 Å². The van der Waals surface area contributed by atoms with Crippen LogP contribution in [0.1, 0.15) is 20.8 Å². The van der Waals surface area contributed by atoms with Crippen LogP contribution in [-0.4, -0.2) is 22.9 Å². The highest BCUT2D eigenvalue weighted by Crippen LogP contribution is 2.55. The van der Waals surface area contributed by atoms with Gasteiger partial charge < -0.3 is 10.2 Å². The van der Waals surface area contributed by atoms with Crippen molar-refractivity contribution in [2.75, 3.05) is 6.61 Å². The first-order valence-corrected chi connectivity index (χ1v) is 4.43. The minimum absolute atomic E-state index is 0.0890. The predicted molar refractivity (Wildman–Crippen MR) is 48.7 cm³/mol. The Morgan fingerprint density at radius 3 is 2.42 bits per heavy atom. The van der Waals surface area contributed by atoms with Crippen LogP contribution in [0.3, 0.4) is 0 Å². The van der Waals surface area contributed by atoms with Gasteiger partial charge in [0, 0.05) is 11.3 Å². The first-order chi connectivity index (χ1) is 5.45. The molecule has 12 heavy (non-hydrogen) atoms. The van der Waals surface area contributed by atoms with E-state index in [9.17, 15) is 10.2 Å². The molecule has 1 aliphatic carbocycles. The van der Waals surface area contributed by atoms with Crippen molar-refractivity contribution >= 4 is 0 Å². The van der Waals surface area contributed by atoms with Crippen LogP contribution in [0.5, 0.6) is 0 Å². The summed E-state index contributed by atoms with van der Waals surface area (Å²) in [5.41, 5.74) is 0.809. The van der Waals surface area contributed by atoms with Gasteiger partial charge in [-0.1, -0.05) is 26.0 Å². The van der Waals surface area contributed by atoms with Gasteiger partial charge in [0.1, 0.15) is 0 Å². The van der Waals surface area contributed by atoms with Gasteiger partial charge >= 0.3 is 0 Å². The molecule has 1 rings (SSSR count). The van der Waals surface area contributed by atoms with Gasteiger partial charge in [0.15, 0.2) is 0 Å². The summed E-state index contributed by atoms with van der Waals surface area (Å²) >= 11 is 0. The molecule has 0 radical (unpaired) electrons. The second-order valence-corrected chi connectivity index (χ2v) is 4.16. The maximum absolute atomic E-state index is 9.47. The lowest BCUT2D eigenvalue weighted by atomic mass is 9.51. The summed E-state index contributed by atoms with van der Waals surface area (Å²) in [6.45, 7) is 9.81. The van der Waals surface area contributed by atoms with E-state index in [4.69, 9.17) is 0 Å². The summed E-state index contributed by atoms with van der Waals surface area (Å²) in [7, 11) is 0. The molecule has 0 aromatic carbocycles. The normalized spacial score (nSPS) is 43.9. The van der Waals surface area contributed by atoms with Crippen molar-refractivity contribution in [2.24, 2.45) is 17.3 Å². The average Bonchev–Trinajstić information content (AvgIpc) is 2.02. The fourth-order valence-corrected chi connectivity index (χ4v) is 2.56. The lowest BCUT2D eigenvalue weighted by molar-refractivity contribution is -0.0584. The average molecular weight is 170 g/mol. The van der Waals surface area contributed by atoms with E-state index in [2.05, 4.69) is 13.5 Å². The molecule has 0 bridgehead atoms. The second kappa shape index (κ2) is 2.86. The summed E-state index contributed by atoms with van der Waals surface area (Å²) in [6, 6.07) is 0. The topological polar surface area (TPSA) is 40.5 Å². The molecule has 0 saturated heterocycles. The van der Waals surface area contributed by atoms with E-state index in [1.54, 1.807) is 6.92 Å². The number of hydrogen-bond acceptors (Lipinski definition) is 2. The van der Waals surface area contributed by atoms with Gasteiger partial charge in [0.05, 0.1) is 12.7 Å². The molecule has 2 nitrogen and oxygen atoms in total. The Morgan fingerprint density at radius 2 is 2.17 bits per heavy atom. The molecule has 2 N–H and O–H groups in total. The Morgan fingerprint density at radius 1 is 1.67 bits per heavy atom. The third kappa shape index (κ3) is 1.02. The van der Waals surface area contributed by atoms with E-state index in [0.29, 0.717) is 5.92 Å². The van der Waals surface area contributed by atoms with Crippen molar-refractivity contribution in [3.63, 3.8) is 0 Å². The minimum atomic E-state index is -0.359. The molecule has 1 aliphatic rings. The predicted octanol–water partition coefficient (Wildman–Crippen LogP) is 1.19. The third-order valence-electron chi connectivity index (χ3n) is 3.41. The minimum Gasteiger partial charge on any atom is -0.395 e. The SMILES string of the molecule is C=C1[C@@H](C)[C@H](C(C)O)[C@@]1(C)CO. The summed E-state index contributed by atoms with van der Waals surface area (Å²) in [6.07, 6.45) is -0.359. The van der Waals surface area contributed by atoms with E-state index in [-0.39, 0.29) is 24.0 Å². The van der Waals surface area contributed by atoms with Crippen LogP contribution in [0.4, 0.5) is 0 Å². The van der Waals surface area contributed by atoms with Crippen LogP contribution in [0.25, 0.3) is 0 Å². The fourth-order valence-electron chi connectivity index (χ4n) is 2.56. The van der Waals surface area contributed by atoms with E-state index >= 15 is 0 Å². The lowest BCUT2D eigenvalue weighted by Crippen LogP contribution is -2.54. The van der Waals surface area contributed by atoms with Crippen molar-refractivity contribution in [3.05, 3.63) is 12.2 Å². The fraction of sp³-hybridized carbons (Fsp3) is 0.800.